The average Bonchev–Trinajstić information content (AvgIpc) is 2.42. The van der Waals surface area contributed by atoms with Crippen molar-refractivity contribution in [1.82, 2.24) is 0 Å². The summed E-state index contributed by atoms with van der Waals surface area (Å²) in [5.74, 6) is 0.0447. The molecule has 0 aliphatic heterocycles. The molecule has 2 rings (SSSR count). The molecule has 2 aromatic carbocycles. The number of halogens is 1. The van der Waals surface area contributed by atoms with E-state index in [0.29, 0.717) is 6.42 Å². The fourth-order valence-electron chi connectivity index (χ4n) is 2.29. The van der Waals surface area contributed by atoms with Crippen LogP contribution in [-0.2, 0) is 11.2 Å². The first-order valence-electron chi connectivity index (χ1n) is 7.08. The van der Waals surface area contributed by atoms with Gasteiger partial charge in [-0.3, -0.25) is 4.79 Å². The molecular weight excluding hydrogens is 326 g/mol. The molecule has 0 aliphatic rings. The van der Waals surface area contributed by atoms with Gasteiger partial charge in [0.05, 0.1) is 5.69 Å². The number of carbonyl (C=O) groups is 1. The van der Waals surface area contributed by atoms with Crippen molar-refractivity contribution >= 4 is 27.5 Å². The Morgan fingerprint density at radius 2 is 1.71 bits per heavy atom. The third-order valence-corrected chi connectivity index (χ3v) is 4.08. The van der Waals surface area contributed by atoms with E-state index in [1.807, 2.05) is 19.9 Å². The van der Waals surface area contributed by atoms with Crippen LogP contribution in [0.1, 0.15) is 28.7 Å². The molecular formula is C18H20BrNO. The number of hydrogen-bond acceptors (Lipinski definition) is 1. The predicted molar refractivity (Wildman–Crippen MR) is 91.7 cm³/mol. The maximum Gasteiger partial charge on any atom is 0.224 e. The van der Waals surface area contributed by atoms with Crippen molar-refractivity contribution in [3.05, 3.63) is 63.1 Å². The standard InChI is InChI=1S/C18H20BrNO/c1-12-4-6-15(7-5-12)8-9-17(21)20-18-14(3)10-13(2)11-16(18)19/h4-7,10-11H,8-9H2,1-3H3,(H,20,21). The van der Waals surface area contributed by atoms with Crippen LogP contribution in [0.4, 0.5) is 5.69 Å². The molecule has 0 atom stereocenters. The minimum atomic E-state index is 0.0447. The van der Waals surface area contributed by atoms with Gasteiger partial charge in [0.1, 0.15) is 0 Å². The Morgan fingerprint density at radius 1 is 1.05 bits per heavy atom. The molecule has 0 spiro atoms. The number of aryl methyl sites for hydroxylation is 4. The summed E-state index contributed by atoms with van der Waals surface area (Å²) in [4.78, 5) is 12.1. The first-order valence-corrected chi connectivity index (χ1v) is 7.87. The van der Waals surface area contributed by atoms with Crippen LogP contribution in [0.15, 0.2) is 40.9 Å². The predicted octanol–water partition coefficient (Wildman–Crippen LogP) is 4.95. The van der Waals surface area contributed by atoms with Crippen molar-refractivity contribution in [2.75, 3.05) is 5.32 Å². The van der Waals surface area contributed by atoms with E-state index in [4.69, 9.17) is 0 Å². The Balaban J connectivity index is 1.97. The molecule has 0 heterocycles. The van der Waals surface area contributed by atoms with Crippen molar-refractivity contribution in [2.24, 2.45) is 0 Å². The molecule has 0 aliphatic carbocycles. The molecule has 0 fully saturated rings. The largest absolute Gasteiger partial charge is 0.325 e. The lowest BCUT2D eigenvalue weighted by Gasteiger charge is -2.12. The van der Waals surface area contributed by atoms with E-state index in [2.05, 4.69) is 58.5 Å². The minimum Gasteiger partial charge on any atom is -0.325 e. The second-order valence-corrected chi connectivity index (χ2v) is 6.33. The highest BCUT2D eigenvalue weighted by Gasteiger charge is 2.09. The maximum atomic E-state index is 12.1. The Labute approximate surface area is 134 Å². The molecule has 0 radical (unpaired) electrons. The Bertz CT molecular complexity index is 624. The molecule has 2 aromatic rings. The maximum absolute atomic E-state index is 12.1. The molecule has 2 nitrogen and oxygen atoms in total. The molecule has 0 unspecified atom stereocenters. The number of hydrogen-bond donors (Lipinski definition) is 1. The van der Waals surface area contributed by atoms with Crippen LogP contribution in [0.2, 0.25) is 0 Å². The van der Waals surface area contributed by atoms with Crippen LogP contribution in [0.5, 0.6) is 0 Å². The lowest BCUT2D eigenvalue weighted by molar-refractivity contribution is -0.116. The summed E-state index contributed by atoms with van der Waals surface area (Å²) < 4.78 is 0.934. The van der Waals surface area contributed by atoms with Gasteiger partial charge in [0.15, 0.2) is 0 Å². The number of anilines is 1. The normalized spacial score (nSPS) is 10.5. The lowest BCUT2D eigenvalue weighted by atomic mass is 10.1. The van der Waals surface area contributed by atoms with Gasteiger partial charge in [-0.15, -0.1) is 0 Å². The van der Waals surface area contributed by atoms with E-state index < -0.39 is 0 Å². The number of amides is 1. The van der Waals surface area contributed by atoms with Crippen LogP contribution >= 0.6 is 15.9 Å². The monoisotopic (exact) mass is 345 g/mol. The summed E-state index contributed by atoms with van der Waals surface area (Å²) in [6, 6.07) is 12.4. The van der Waals surface area contributed by atoms with E-state index in [0.717, 1.165) is 22.1 Å². The van der Waals surface area contributed by atoms with E-state index in [-0.39, 0.29) is 5.91 Å². The van der Waals surface area contributed by atoms with Gasteiger partial charge in [0, 0.05) is 10.9 Å². The number of carbonyl (C=O) groups excluding carboxylic acids is 1. The van der Waals surface area contributed by atoms with Crippen LogP contribution < -0.4 is 5.32 Å². The highest BCUT2D eigenvalue weighted by molar-refractivity contribution is 9.10. The topological polar surface area (TPSA) is 29.1 Å². The Kier molecular flexibility index (Phi) is 5.18. The van der Waals surface area contributed by atoms with E-state index >= 15 is 0 Å². The highest BCUT2D eigenvalue weighted by atomic mass is 79.9. The SMILES string of the molecule is Cc1ccc(CCC(=O)Nc2c(C)cc(C)cc2Br)cc1. The number of nitrogens with one attached hydrogen (secondary N) is 1. The van der Waals surface area contributed by atoms with Crippen molar-refractivity contribution in [3.8, 4) is 0 Å². The Hall–Kier alpha value is -1.61. The molecule has 110 valence electrons. The van der Waals surface area contributed by atoms with Gasteiger partial charge in [0.25, 0.3) is 0 Å². The van der Waals surface area contributed by atoms with Crippen LogP contribution in [0, 0.1) is 20.8 Å². The van der Waals surface area contributed by atoms with Crippen molar-refractivity contribution in [1.29, 1.82) is 0 Å². The quantitative estimate of drug-likeness (QED) is 0.834. The summed E-state index contributed by atoms with van der Waals surface area (Å²) in [5, 5.41) is 3.00. The van der Waals surface area contributed by atoms with Gasteiger partial charge < -0.3 is 5.32 Å². The summed E-state index contributed by atoms with van der Waals surface area (Å²) in [6.07, 6.45) is 1.25. The van der Waals surface area contributed by atoms with Crippen LogP contribution in [0.25, 0.3) is 0 Å². The molecule has 0 saturated heterocycles. The fraction of sp³-hybridized carbons (Fsp3) is 0.278. The van der Waals surface area contributed by atoms with Crippen molar-refractivity contribution < 1.29 is 4.79 Å². The highest BCUT2D eigenvalue weighted by Crippen LogP contribution is 2.27. The number of benzene rings is 2. The first-order chi connectivity index (χ1) is 9.95. The van der Waals surface area contributed by atoms with Gasteiger partial charge in [0.2, 0.25) is 5.91 Å². The summed E-state index contributed by atoms with van der Waals surface area (Å²) in [6.45, 7) is 6.11. The summed E-state index contributed by atoms with van der Waals surface area (Å²) in [5.41, 5.74) is 5.55. The second-order valence-electron chi connectivity index (χ2n) is 5.47. The average molecular weight is 346 g/mol. The lowest BCUT2D eigenvalue weighted by Crippen LogP contribution is -2.13. The molecule has 0 saturated carbocycles. The zero-order valence-electron chi connectivity index (χ0n) is 12.7. The van der Waals surface area contributed by atoms with E-state index in [9.17, 15) is 4.79 Å². The van der Waals surface area contributed by atoms with Crippen molar-refractivity contribution in [3.63, 3.8) is 0 Å². The van der Waals surface area contributed by atoms with Gasteiger partial charge in [-0.25, -0.2) is 0 Å². The molecule has 1 amide bonds. The van der Waals surface area contributed by atoms with Gasteiger partial charge in [-0.1, -0.05) is 35.9 Å². The van der Waals surface area contributed by atoms with Crippen LogP contribution in [-0.4, -0.2) is 5.91 Å². The third-order valence-electron chi connectivity index (χ3n) is 3.46. The zero-order valence-corrected chi connectivity index (χ0v) is 14.3. The number of rotatable bonds is 4. The fourth-order valence-corrected chi connectivity index (χ4v) is 3.06. The molecule has 0 bridgehead atoms. The van der Waals surface area contributed by atoms with E-state index in [1.165, 1.54) is 16.7 Å². The van der Waals surface area contributed by atoms with E-state index in [1.54, 1.807) is 0 Å². The first kappa shape index (κ1) is 15.8. The third kappa shape index (κ3) is 4.43. The zero-order chi connectivity index (χ0) is 15.4. The van der Waals surface area contributed by atoms with Gasteiger partial charge in [-0.2, -0.15) is 0 Å². The Morgan fingerprint density at radius 3 is 2.33 bits per heavy atom. The molecule has 0 aromatic heterocycles. The van der Waals surface area contributed by atoms with Crippen molar-refractivity contribution in [2.45, 2.75) is 33.6 Å². The minimum absolute atomic E-state index is 0.0447. The second kappa shape index (κ2) is 6.90. The molecule has 21 heavy (non-hydrogen) atoms. The molecule has 1 N–H and O–H groups in total. The van der Waals surface area contributed by atoms with Crippen LogP contribution in [0.3, 0.4) is 0 Å². The molecule has 3 heteroatoms. The summed E-state index contributed by atoms with van der Waals surface area (Å²) >= 11 is 3.52. The smallest absolute Gasteiger partial charge is 0.224 e. The summed E-state index contributed by atoms with van der Waals surface area (Å²) in [7, 11) is 0. The van der Waals surface area contributed by atoms with Gasteiger partial charge in [-0.05, 0) is 65.9 Å². The van der Waals surface area contributed by atoms with Gasteiger partial charge >= 0.3 is 0 Å².